The zero-order valence-electron chi connectivity index (χ0n) is 15.3. The predicted molar refractivity (Wildman–Crippen MR) is 96.4 cm³/mol. The molecule has 138 valence electrons. The van der Waals surface area contributed by atoms with Crippen molar-refractivity contribution in [2.45, 2.75) is 33.2 Å². The van der Waals surface area contributed by atoms with Gasteiger partial charge in [-0.3, -0.25) is 4.79 Å². The minimum atomic E-state index is -0.432. The molecule has 2 N–H and O–H groups in total. The first kappa shape index (κ1) is 19.2. The second-order valence-electron chi connectivity index (χ2n) is 6.35. The molecule has 1 amide bonds. The molecule has 7 heteroatoms. The van der Waals surface area contributed by atoms with Crippen molar-refractivity contribution in [1.82, 2.24) is 9.88 Å². The van der Waals surface area contributed by atoms with Crippen LogP contribution in [-0.2, 0) is 9.53 Å². The lowest BCUT2D eigenvalue weighted by Crippen LogP contribution is -2.54. The van der Waals surface area contributed by atoms with Crippen molar-refractivity contribution >= 4 is 17.7 Å². The maximum atomic E-state index is 12.4. The Balaban J connectivity index is 1.91. The first-order valence-corrected chi connectivity index (χ1v) is 8.90. The summed E-state index contributed by atoms with van der Waals surface area (Å²) in [7, 11) is 0. The zero-order valence-corrected chi connectivity index (χ0v) is 15.3. The second-order valence-corrected chi connectivity index (χ2v) is 6.35. The largest absolute Gasteiger partial charge is 0.462 e. The average molecular weight is 348 g/mol. The highest BCUT2D eigenvalue weighted by atomic mass is 16.5. The molecular weight excluding hydrogens is 320 g/mol. The van der Waals surface area contributed by atoms with Crippen molar-refractivity contribution < 1.29 is 14.3 Å². The summed E-state index contributed by atoms with van der Waals surface area (Å²) in [6.07, 6.45) is 2.42. The number of rotatable bonds is 6. The van der Waals surface area contributed by atoms with Gasteiger partial charge >= 0.3 is 5.97 Å². The number of carbonyl (C=O) groups is 2. The summed E-state index contributed by atoms with van der Waals surface area (Å²) in [6.45, 7) is 8.82. The number of aromatic nitrogens is 1. The lowest BCUT2D eigenvalue weighted by molar-refractivity contribution is -0.134. The summed E-state index contributed by atoms with van der Waals surface area (Å²) in [5, 5.41) is 0. The summed E-state index contributed by atoms with van der Waals surface area (Å²) in [4.78, 5) is 32.4. The molecule has 0 spiro atoms. The van der Waals surface area contributed by atoms with Gasteiger partial charge in [0.2, 0.25) is 5.91 Å². The summed E-state index contributed by atoms with van der Waals surface area (Å²) < 4.78 is 4.96. The number of carbonyl (C=O) groups excluding carboxylic acids is 2. The number of hydrogen-bond acceptors (Lipinski definition) is 6. The number of esters is 1. The van der Waals surface area contributed by atoms with Crippen LogP contribution in [0.1, 0.15) is 37.6 Å². The van der Waals surface area contributed by atoms with E-state index in [2.05, 4.69) is 9.88 Å². The van der Waals surface area contributed by atoms with E-state index in [1.165, 1.54) is 6.20 Å². The van der Waals surface area contributed by atoms with Crippen molar-refractivity contribution in [2.75, 3.05) is 37.7 Å². The molecule has 1 aliphatic rings. The van der Waals surface area contributed by atoms with E-state index in [0.29, 0.717) is 38.3 Å². The maximum absolute atomic E-state index is 12.4. The van der Waals surface area contributed by atoms with Crippen molar-refractivity contribution in [1.29, 1.82) is 0 Å². The molecule has 2 heterocycles. The standard InChI is InChI=1S/C18H28N4O3/c1-4-13(3)16(19)17(23)22-10-8-21(9-11-22)15-7-6-14(12-20-15)18(24)25-5-2/h6-7,12-13,16H,4-5,8-11,19H2,1-3H3. The van der Waals surface area contributed by atoms with Gasteiger partial charge in [-0.1, -0.05) is 20.3 Å². The van der Waals surface area contributed by atoms with Crippen LogP contribution in [0, 0.1) is 5.92 Å². The lowest BCUT2D eigenvalue weighted by atomic mass is 9.98. The molecular formula is C18H28N4O3. The summed E-state index contributed by atoms with van der Waals surface area (Å²) in [5.74, 6) is 0.643. The van der Waals surface area contributed by atoms with Crippen LogP contribution in [0.15, 0.2) is 18.3 Å². The number of nitrogens with two attached hydrogens (primary N) is 1. The Morgan fingerprint density at radius 1 is 1.24 bits per heavy atom. The van der Waals surface area contributed by atoms with Crippen LogP contribution >= 0.6 is 0 Å². The minimum absolute atomic E-state index is 0.0274. The normalized spacial score (nSPS) is 17.1. The molecule has 0 aromatic carbocycles. The monoisotopic (exact) mass is 348 g/mol. The second kappa shape index (κ2) is 8.80. The molecule has 7 nitrogen and oxygen atoms in total. The van der Waals surface area contributed by atoms with Crippen LogP contribution in [0.25, 0.3) is 0 Å². The van der Waals surface area contributed by atoms with E-state index >= 15 is 0 Å². The van der Waals surface area contributed by atoms with Crippen LogP contribution in [-0.4, -0.2) is 60.6 Å². The van der Waals surface area contributed by atoms with Gasteiger partial charge in [0.25, 0.3) is 0 Å². The SMILES string of the molecule is CCOC(=O)c1ccc(N2CCN(C(=O)C(N)C(C)CC)CC2)nc1. The number of anilines is 1. The quantitative estimate of drug-likeness (QED) is 0.779. The van der Waals surface area contributed by atoms with Gasteiger partial charge in [-0.05, 0) is 25.0 Å². The van der Waals surface area contributed by atoms with Crippen LogP contribution < -0.4 is 10.6 Å². The van der Waals surface area contributed by atoms with Gasteiger partial charge in [0, 0.05) is 32.4 Å². The number of amides is 1. The summed E-state index contributed by atoms with van der Waals surface area (Å²) in [5.41, 5.74) is 6.50. The third kappa shape index (κ3) is 4.69. The first-order chi connectivity index (χ1) is 12.0. The maximum Gasteiger partial charge on any atom is 0.339 e. The van der Waals surface area contributed by atoms with Gasteiger partial charge in [0.1, 0.15) is 5.82 Å². The van der Waals surface area contributed by atoms with Gasteiger partial charge in [-0.2, -0.15) is 0 Å². The molecule has 0 radical (unpaired) electrons. The fourth-order valence-corrected chi connectivity index (χ4v) is 2.77. The minimum Gasteiger partial charge on any atom is -0.462 e. The topological polar surface area (TPSA) is 88.8 Å². The molecule has 1 aromatic rings. The molecule has 1 aliphatic heterocycles. The molecule has 0 bridgehead atoms. The average Bonchev–Trinajstić information content (AvgIpc) is 2.66. The molecule has 0 aliphatic carbocycles. The van der Waals surface area contributed by atoms with Crippen molar-refractivity contribution in [3.63, 3.8) is 0 Å². The molecule has 2 rings (SSSR count). The van der Waals surface area contributed by atoms with Gasteiger partial charge in [-0.15, -0.1) is 0 Å². The van der Waals surface area contributed by atoms with Crippen LogP contribution in [0.2, 0.25) is 0 Å². The Bertz CT molecular complexity index is 582. The zero-order chi connectivity index (χ0) is 18.4. The molecule has 0 saturated carbocycles. The van der Waals surface area contributed by atoms with Crippen molar-refractivity contribution in [2.24, 2.45) is 11.7 Å². The molecule has 1 saturated heterocycles. The summed E-state index contributed by atoms with van der Waals surface area (Å²) in [6, 6.07) is 3.10. The number of pyridine rings is 1. The van der Waals surface area contributed by atoms with E-state index in [0.717, 1.165) is 12.2 Å². The van der Waals surface area contributed by atoms with Crippen molar-refractivity contribution in [3.05, 3.63) is 23.9 Å². The van der Waals surface area contributed by atoms with Crippen LogP contribution in [0.4, 0.5) is 5.82 Å². The van der Waals surface area contributed by atoms with Gasteiger partial charge in [0.05, 0.1) is 18.2 Å². The predicted octanol–water partition coefficient (Wildman–Crippen LogP) is 1.28. The number of ether oxygens (including phenoxy) is 1. The fraction of sp³-hybridized carbons (Fsp3) is 0.611. The van der Waals surface area contributed by atoms with E-state index in [-0.39, 0.29) is 17.8 Å². The highest BCUT2D eigenvalue weighted by Crippen LogP contribution is 2.16. The van der Waals surface area contributed by atoms with Crippen LogP contribution in [0.3, 0.4) is 0 Å². The summed E-state index contributed by atoms with van der Waals surface area (Å²) >= 11 is 0. The lowest BCUT2D eigenvalue weighted by Gasteiger charge is -2.37. The van der Waals surface area contributed by atoms with Crippen molar-refractivity contribution in [3.8, 4) is 0 Å². The van der Waals surface area contributed by atoms with Gasteiger partial charge < -0.3 is 20.3 Å². The Labute approximate surface area is 149 Å². The number of hydrogen-bond donors (Lipinski definition) is 1. The van der Waals surface area contributed by atoms with Gasteiger partial charge in [-0.25, -0.2) is 9.78 Å². The Morgan fingerprint density at radius 2 is 1.92 bits per heavy atom. The highest BCUT2D eigenvalue weighted by Gasteiger charge is 2.28. The Morgan fingerprint density at radius 3 is 2.44 bits per heavy atom. The van der Waals surface area contributed by atoms with E-state index in [1.54, 1.807) is 13.0 Å². The molecule has 2 atom stereocenters. The van der Waals surface area contributed by atoms with E-state index in [9.17, 15) is 9.59 Å². The molecule has 1 fully saturated rings. The van der Waals surface area contributed by atoms with E-state index < -0.39 is 6.04 Å². The van der Waals surface area contributed by atoms with Crippen LogP contribution in [0.5, 0.6) is 0 Å². The first-order valence-electron chi connectivity index (χ1n) is 8.90. The molecule has 25 heavy (non-hydrogen) atoms. The third-order valence-electron chi connectivity index (χ3n) is 4.72. The number of nitrogens with zero attached hydrogens (tertiary/aromatic N) is 3. The van der Waals surface area contributed by atoms with E-state index in [1.807, 2.05) is 24.8 Å². The molecule has 2 unspecified atom stereocenters. The number of piperazine rings is 1. The smallest absolute Gasteiger partial charge is 0.339 e. The molecule has 1 aromatic heterocycles. The third-order valence-corrected chi connectivity index (χ3v) is 4.72. The Kier molecular flexibility index (Phi) is 6.75. The Hall–Kier alpha value is -2.15. The highest BCUT2D eigenvalue weighted by molar-refractivity contribution is 5.89. The van der Waals surface area contributed by atoms with E-state index in [4.69, 9.17) is 10.5 Å². The van der Waals surface area contributed by atoms with Gasteiger partial charge in [0.15, 0.2) is 0 Å². The fourth-order valence-electron chi connectivity index (χ4n) is 2.77.